The second-order valence-electron chi connectivity index (χ2n) is 3.11. The summed E-state index contributed by atoms with van der Waals surface area (Å²) in [4.78, 5) is 0.293. The molecule has 0 spiro atoms. The summed E-state index contributed by atoms with van der Waals surface area (Å²) in [6, 6.07) is 8.59. The molecule has 4 heteroatoms. The summed E-state index contributed by atoms with van der Waals surface area (Å²) in [6.45, 7) is 0. The van der Waals surface area contributed by atoms with E-state index in [1.165, 1.54) is 6.26 Å². The third-order valence-electron chi connectivity index (χ3n) is 1.81. The smallest absolute Gasteiger partial charge is 0.175 e. The Balaban J connectivity index is 3.00. The second kappa shape index (κ2) is 4.76. The summed E-state index contributed by atoms with van der Waals surface area (Å²) in [7, 11) is -3.15. The van der Waals surface area contributed by atoms with E-state index in [4.69, 9.17) is 5.26 Å². The number of nitrogens with zero attached hydrogens (tertiary/aromatic N) is 1. The summed E-state index contributed by atoms with van der Waals surface area (Å²) in [5, 5.41) is 8.33. The van der Waals surface area contributed by atoms with Crippen molar-refractivity contribution in [3.63, 3.8) is 0 Å². The molecule has 78 valence electrons. The molecule has 0 aliphatic heterocycles. The van der Waals surface area contributed by atoms with E-state index in [2.05, 4.69) is 0 Å². The lowest BCUT2D eigenvalue weighted by Crippen LogP contribution is -1.96. The molecule has 0 saturated heterocycles. The Hall–Kier alpha value is -1.60. The fourth-order valence-electron chi connectivity index (χ4n) is 1.10. The van der Waals surface area contributed by atoms with Crippen LogP contribution in [0.3, 0.4) is 0 Å². The molecule has 0 N–H and O–H groups in total. The van der Waals surface area contributed by atoms with Gasteiger partial charge in [-0.15, -0.1) is 0 Å². The first-order valence-electron chi connectivity index (χ1n) is 4.37. The zero-order valence-electron chi connectivity index (χ0n) is 8.34. The number of sulfone groups is 1. The zero-order chi connectivity index (χ0) is 11.3. The molecule has 0 bridgehead atoms. The summed E-state index contributed by atoms with van der Waals surface area (Å²) >= 11 is 0. The van der Waals surface area contributed by atoms with Gasteiger partial charge < -0.3 is 0 Å². The van der Waals surface area contributed by atoms with Crippen molar-refractivity contribution < 1.29 is 8.42 Å². The molecule has 0 unspecified atom stereocenters. The first-order chi connectivity index (χ1) is 7.04. The van der Waals surface area contributed by atoms with E-state index < -0.39 is 9.84 Å². The number of benzene rings is 1. The Kier molecular flexibility index (Phi) is 3.64. The van der Waals surface area contributed by atoms with Crippen LogP contribution in [0.15, 0.2) is 35.2 Å². The lowest BCUT2D eigenvalue weighted by molar-refractivity contribution is 0.602. The van der Waals surface area contributed by atoms with Crippen LogP contribution in [-0.4, -0.2) is 14.7 Å². The molecular formula is C11H11NO2S. The summed E-state index contributed by atoms with van der Waals surface area (Å²) in [6.07, 6.45) is 4.92. The van der Waals surface area contributed by atoms with Gasteiger partial charge in [0.2, 0.25) is 0 Å². The van der Waals surface area contributed by atoms with Crippen molar-refractivity contribution in [2.75, 3.05) is 6.26 Å². The highest BCUT2D eigenvalue weighted by atomic mass is 32.2. The molecule has 15 heavy (non-hydrogen) atoms. The van der Waals surface area contributed by atoms with Crippen LogP contribution in [0.1, 0.15) is 12.0 Å². The number of allylic oxidation sites excluding steroid dienone is 1. The lowest BCUT2D eigenvalue weighted by atomic mass is 10.2. The monoisotopic (exact) mass is 221 g/mol. The molecule has 0 atom stereocenters. The summed E-state index contributed by atoms with van der Waals surface area (Å²) in [5.41, 5.74) is 0.785. The van der Waals surface area contributed by atoms with E-state index in [9.17, 15) is 8.42 Å². The van der Waals surface area contributed by atoms with Gasteiger partial charge in [-0.3, -0.25) is 0 Å². The minimum atomic E-state index is -3.15. The topological polar surface area (TPSA) is 57.9 Å². The summed E-state index contributed by atoms with van der Waals surface area (Å²) in [5.74, 6) is 0. The van der Waals surface area contributed by atoms with Gasteiger partial charge in [-0.1, -0.05) is 24.3 Å². The zero-order valence-corrected chi connectivity index (χ0v) is 9.16. The van der Waals surface area contributed by atoms with Crippen LogP contribution in [-0.2, 0) is 9.84 Å². The molecule has 1 aromatic carbocycles. The van der Waals surface area contributed by atoms with E-state index in [1.54, 1.807) is 36.4 Å². The van der Waals surface area contributed by atoms with E-state index in [0.29, 0.717) is 11.3 Å². The third-order valence-corrected chi connectivity index (χ3v) is 2.92. The van der Waals surface area contributed by atoms with Gasteiger partial charge in [0.1, 0.15) is 0 Å². The van der Waals surface area contributed by atoms with Gasteiger partial charge in [0.25, 0.3) is 0 Å². The van der Waals surface area contributed by atoms with Crippen molar-refractivity contribution in [2.45, 2.75) is 11.3 Å². The maximum absolute atomic E-state index is 11.2. The Bertz CT molecular complexity index is 510. The molecule has 0 aromatic heterocycles. The Morgan fingerprint density at radius 3 is 2.80 bits per heavy atom. The molecule has 3 nitrogen and oxygen atoms in total. The maximum atomic E-state index is 11.2. The van der Waals surface area contributed by atoms with Crippen molar-refractivity contribution in [3.8, 4) is 6.07 Å². The molecule has 1 rings (SSSR count). The molecule has 0 aliphatic carbocycles. The molecule has 0 fully saturated rings. The van der Waals surface area contributed by atoms with Gasteiger partial charge in [-0.25, -0.2) is 8.42 Å². The average Bonchev–Trinajstić information content (AvgIpc) is 2.17. The standard InChI is InChI=1S/C11H11NO2S/c1-15(13,14)11-7-4-6-10(9-11)5-2-3-8-12/h2,4-7,9H,3H2,1H3. The van der Waals surface area contributed by atoms with Gasteiger partial charge in [0, 0.05) is 6.26 Å². The van der Waals surface area contributed by atoms with Crippen molar-refractivity contribution in [1.82, 2.24) is 0 Å². The minimum Gasteiger partial charge on any atom is -0.224 e. The second-order valence-corrected chi connectivity index (χ2v) is 5.12. The molecular weight excluding hydrogens is 210 g/mol. The van der Waals surface area contributed by atoms with Crippen molar-refractivity contribution >= 4 is 15.9 Å². The molecule has 1 aromatic rings. The summed E-state index contributed by atoms with van der Waals surface area (Å²) < 4.78 is 22.5. The molecule has 0 heterocycles. The average molecular weight is 221 g/mol. The van der Waals surface area contributed by atoms with Gasteiger partial charge in [-0.2, -0.15) is 5.26 Å². The SMILES string of the molecule is CS(=O)(=O)c1cccc(C=CCC#N)c1. The predicted octanol–water partition coefficient (Wildman–Crippen LogP) is 2.02. The van der Waals surface area contributed by atoms with Crippen LogP contribution >= 0.6 is 0 Å². The molecule has 0 radical (unpaired) electrons. The van der Waals surface area contributed by atoms with E-state index in [1.807, 2.05) is 6.07 Å². The maximum Gasteiger partial charge on any atom is 0.175 e. The van der Waals surface area contributed by atoms with Crippen LogP contribution in [0.2, 0.25) is 0 Å². The lowest BCUT2D eigenvalue weighted by Gasteiger charge is -1.98. The van der Waals surface area contributed by atoms with Gasteiger partial charge in [0.15, 0.2) is 9.84 Å². The van der Waals surface area contributed by atoms with Crippen molar-refractivity contribution in [1.29, 1.82) is 5.26 Å². The van der Waals surface area contributed by atoms with Gasteiger partial charge >= 0.3 is 0 Å². The number of nitriles is 1. The highest BCUT2D eigenvalue weighted by Crippen LogP contribution is 2.12. The van der Waals surface area contributed by atoms with E-state index in [-0.39, 0.29) is 0 Å². The quantitative estimate of drug-likeness (QED) is 0.784. The highest BCUT2D eigenvalue weighted by molar-refractivity contribution is 7.90. The largest absolute Gasteiger partial charge is 0.224 e. The van der Waals surface area contributed by atoms with Crippen LogP contribution in [0.5, 0.6) is 0 Å². The Labute approximate surface area is 89.6 Å². The number of rotatable bonds is 3. The van der Waals surface area contributed by atoms with Crippen LogP contribution in [0, 0.1) is 11.3 Å². The Morgan fingerprint density at radius 1 is 1.47 bits per heavy atom. The minimum absolute atomic E-state index is 0.293. The van der Waals surface area contributed by atoms with Gasteiger partial charge in [0.05, 0.1) is 17.4 Å². The van der Waals surface area contributed by atoms with Crippen LogP contribution in [0.25, 0.3) is 6.08 Å². The third kappa shape index (κ3) is 3.56. The van der Waals surface area contributed by atoms with Crippen LogP contribution < -0.4 is 0 Å². The highest BCUT2D eigenvalue weighted by Gasteiger charge is 2.05. The predicted molar refractivity (Wildman–Crippen MR) is 58.8 cm³/mol. The van der Waals surface area contributed by atoms with E-state index >= 15 is 0 Å². The van der Waals surface area contributed by atoms with Crippen molar-refractivity contribution in [3.05, 3.63) is 35.9 Å². The normalized spacial score (nSPS) is 11.5. The first kappa shape index (κ1) is 11.5. The van der Waals surface area contributed by atoms with E-state index in [0.717, 1.165) is 5.56 Å². The van der Waals surface area contributed by atoms with Crippen LogP contribution in [0.4, 0.5) is 0 Å². The Morgan fingerprint density at radius 2 is 2.20 bits per heavy atom. The number of hydrogen-bond acceptors (Lipinski definition) is 3. The molecule has 0 aliphatic rings. The van der Waals surface area contributed by atoms with Gasteiger partial charge in [-0.05, 0) is 17.7 Å². The number of hydrogen-bond donors (Lipinski definition) is 0. The fraction of sp³-hybridized carbons (Fsp3) is 0.182. The molecule has 0 amide bonds. The first-order valence-corrected chi connectivity index (χ1v) is 6.27. The fourth-order valence-corrected chi connectivity index (χ4v) is 1.77. The molecule has 0 saturated carbocycles. The van der Waals surface area contributed by atoms with Crippen molar-refractivity contribution in [2.24, 2.45) is 0 Å².